The van der Waals surface area contributed by atoms with Crippen LogP contribution in [0.5, 0.6) is 0 Å². The Balaban J connectivity index is 2.14. The molecule has 1 fully saturated rings. The maximum Gasteiger partial charge on any atom is 0.337 e. The molecule has 5 heteroatoms. The number of pyridine rings is 1. The topological polar surface area (TPSA) is 68.0 Å². The third-order valence-electron chi connectivity index (χ3n) is 3.35. The van der Waals surface area contributed by atoms with Crippen LogP contribution in [0.1, 0.15) is 48.8 Å². The van der Waals surface area contributed by atoms with Gasteiger partial charge in [0.1, 0.15) is 11.3 Å². The van der Waals surface area contributed by atoms with Crippen molar-refractivity contribution < 1.29 is 9.90 Å². The van der Waals surface area contributed by atoms with Crippen LogP contribution >= 0.6 is 0 Å². The molecule has 1 aliphatic rings. The molecule has 3 rings (SSSR count). The summed E-state index contributed by atoms with van der Waals surface area (Å²) in [5.74, 6) is 1.15. The largest absolute Gasteiger partial charge is 0.478 e. The lowest BCUT2D eigenvalue weighted by molar-refractivity contribution is 0.0696. The van der Waals surface area contributed by atoms with E-state index in [2.05, 4.69) is 28.4 Å². The van der Waals surface area contributed by atoms with Crippen molar-refractivity contribution in [3.8, 4) is 0 Å². The van der Waals surface area contributed by atoms with Crippen molar-refractivity contribution in [2.75, 3.05) is 0 Å². The van der Waals surface area contributed by atoms with Gasteiger partial charge in [-0.05, 0) is 24.8 Å². The second-order valence-electron chi connectivity index (χ2n) is 5.62. The highest BCUT2D eigenvalue weighted by molar-refractivity contribution is 5.90. The van der Waals surface area contributed by atoms with Crippen LogP contribution in [0.15, 0.2) is 12.3 Å². The van der Waals surface area contributed by atoms with Crippen molar-refractivity contribution >= 4 is 17.1 Å². The Hall–Kier alpha value is -1.91. The van der Waals surface area contributed by atoms with Gasteiger partial charge in [-0.3, -0.25) is 0 Å². The average Bonchev–Trinajstić information content (AvgIpc) is 3.13. The van der Waals surface area contributed by atoms with Gasteiger partial charge in [0.2, 0.25) is 0 Å². The SMILES string of the molecule is CC(C)Cn1c(C2CC2)nc2cc(C(=O)O)cnc21. The number of fused-ring (bicyclic) bond motifs is 1. The summed E-state index contributed by atoms with van der Waals surface area (Å²) in [5.41, 5.74) is 1.70. The van der Waals surface area contributed by atoms with Crippen molar-refractivity contribution in [1.82, 2.24) is 14.5 Å². The van der Waals surface area contributed by atoms with E-state index >= 15 is 0 Å². The number of rotatable bonds is 4. The lowest BCUT2D eigenvalue weighted by atomic mass is 10.2. The molecule has 0 aromatic carbocycles. The number of hydrogen-bond acceptors (Lipinski definition) is 3. The molecule has 0 atom stereocenters. The van der Waals surface area contributed by atoms with Gasteiger partial charge in [-0.15, -0.1) is 0 Å². The number of carboxylic acid groups (broad SMARTS) is 1. The zero-order valence-electron chi connectivity index (χ0n) is 11.1. The lowest BCUT2D eigenvalue weighted by Crippen LogP contribution is -2.08. The van der Waals surface area contributed by atoms with Crippen LogP contribution in [-0.2, 0) is 6.54 Å². The molecule has 1 saturated carbocycles. The van der Waals surface area contributed by atoms with E-state index in [1.165, 1.54) is 19.0 Å². The maximum absolute atomic E-state index is 11.0. The monoisotopic (exact) mass is 259 g/mol. The van der Waals surface area contributed by atoms with E-state index in [0.29, 0.717) is 17.4 Å². The fraction of sp³-hybridized carbons (Fsp3) is 0.500. The first-order valence-electron chi connectivity index (χ1n) is 6.65. The van der Waals surface area contributed by atoms with E-state index < -0.39 is 5.97 Å². The first kappa shape index (κ1) is 12.1. The molecule has 0 unspecified atom stereocenters. The summed E-state index contributed by atoms with van der Waals surface area (Å²) in [5, 5.41) is 9.01. The fourth-order valence-corrected chi connectivity index (χ4v) is 2.34. The molecule has 0 amide bonds. The number of aromatic nitrogens is 3. The van der Waals surface area contributed by atoms with Crippen LogP contribution in [0.25, 0.3) is 11.2 Å². The van der Waals surface area contributed by atoms with Gasteiger partial charge in [0, 0.05) is 18.7 Å². The average molecular weight is 259 g/mol. The second kappa shape index (κ2) is 4.33. The zero-order valence-corrected chi connectivity index (χ0v) is 11.1. The molecule has 2 heterocycles. The molecule has 1 N–H and O–H groups in total. The smallest absolute Gasteiger partial charge is 0.337 e. The lowest BCUT2D eigenvalue weighted by Gasteiger charge is -2.10. The third kappa shape index (κ3) is 2.20. The predicted molar refractivity (Wildman–Crippen MR) is 71.3 cm³/mol. The van der Waals surface area contributed by atoms with Crippen LogP contribution in [0, 0.1) is 5.92 Å². The van der Waals surface area contributed by atoms with E-state index in [-0.39, 0.29) is 5.56 Å². The van der Waals surface area contributed by atoms with E-state index in [1.54, 1.807) is 6.07 Å². The Bertz CT molecular complexity index is 641. The van der Waals surface area contributed by atoms with Crippen molar-refractivity contribution in [2.24, 2.45) is 5.92 Å². The molecule has 2 aromatic rings. The molecule has 0 radical (unpaired) electrons. The Labute approximate surface area is 111 Å². The summed E-state index contributed by atoms with van der Waals surface area (Å²) < 4.78 is 2.16. The molecule has 0 saturated heterocycles. The summed E-state index contributed by atoms with van der Waals surface area (Å²) in [4.78, 5) is 19.9. The fourth-order valence-electron chi connectivity index (χ4n) is 2.34. The number of imidazole rings is 1. The number of hydrogen-bond donors (Lipinski definition) is 1. The molecular weight excluding hydrogens is 242 g/mol. The summed E-state index contributed by atoms with van der Waals surface area (Å²) in [7, 11) is 0. The summed E-state index contributed by atoms with van der Waals surface area (Å²) in [6, 6.07) is 1.62. The molecule has 0 bridgehead atoms. The van der Waals surface area contributed by atoms with Crippen molar-refractivity contribution in [3.05, 3.63) is 23.7 Å². The second-order valence-corrected chi connectivity index (χ2v) is 5.62. The molecular formula is C14H17N3O2. The third-order valence-corrected chi connectivity index (χ3v) is 3.35. The predicted octanol–water partition coefficient (Wildman–Crippen LogP) is 2.66. The number of nitrogens with zero attached hydrogens (tertiary/aromatic N) is 3. The molecule has 1 aliphatic carbocycles. The normalized spacial score (nSPS) is 15.3. The van der Waals surface area contributed by atoms with Gasteiger partial charge < -0.3 is 9.67 Å². The first-order chi connectivity index (χ1) is 9.06. The molecule has 19 heavy (non-hydrogen) atoms. The van der Waals surface area contributed by atoms with Gasteiger partial charge in [-0.1, -0.05) is 13.8 Å². The van der Waals surface area contributed by atoms with Gasteiger partial charge in [-0.2, -0.15) is 0 Å². The minimum Gasteiger partial charge on any atom is -0.478 e. The van der Waals surface area contributed by atoms with Gasteiger partial charge in [0.05, 0.1) is 5.56 Å². The molecule has 0 spiro atoms. The first-order valence-corrected chi connectivity index (χ1v) is 6.65. The quantitative estimate of drug-likeness (QED) is 0.916. The van der Waals surface area contributed by atoms with Crippen molar-refractivity contribution in [3.63, 3.8) is 0 Å². The highest BCUT2D eigenvalue weighted by atomic mass is 16.4. The Kier molecular flexibility index (Phi) is 2.77. The van der Waals surface area contributed by atoms with Gasteiger partial charge in [0.15, 0.2) is 5.65 Å². The van der Waals surface area contributed by atoms with Crippen LogP contribution in [0.3, 0.4) is 0 Å². The minimum absolute atomic E-state index is 0.198. The number of carbonyl (C=O) groups is 1. The highest BCUT2D eigenvalue weighted by Gasteiger charge is 2.30. The number of aromatic carboxylic acids is 1. The van der Waals surface area contributed by atoms with E-state index in [9.17, 15) is 4.79 Å². The highest BCUT2D eigenvalue weighted by Crippen LogP contribution is 2.40. The zero-order chi connectivity index (χ0) is 13.6. The minimum atomic E-state index is -0.958. The number of carboxylic acids is 1. The van der Waals surface area contributed by atoms with Gasteiger partial charge in [-0.25, -0.2) is 14.8 Å². The van der Waals surface area contributed by atoms with Crippen LogP contribution in [-0.4, -0.2) is 25.6 Å². The van der Waals surface area contributed by atoms with Crippen molar-refractivity contribution in [2.45, 2.75) is 39.2 Å². The van der Waals surface area contributed by atoms with E-state index in [4.69, 9.17) is 5.11 Å². The molecule has 2 aromatic heterocycles. The van der Waals surface area contributed by atoms with Crippen LogP contribution in [0.4, 0.5) is 0 Å². The Morgan fingerprint density at radius 3 is 2.84 bits per heavy atom. The van der Waals surface area contributed by atoms with E-state index in [1.807, 2.05) is 0 Å². The Morgan fingerprint density at radius 2 is 2.26 bits per heavy atom. The van der Waals surface area contributed by atoms with Gasteiger partial charge >= 0.3 is 5.97 Å². The summed E-state index contributed by atoms with van der Waals surface area (Å²) in [6.07, 6.45) is 3.76. The van der Waals surface area contributed by atoms with Gasteiger partial charge in [0.25, 0.3) is 0 Å². The summed E-state index contributed by atoms with van der Waals surface area (Å²) >= 11 is 0. The molecule has 100 valence electrons. The molecule has 0 aliphatic heterocycles. The van der Waals surface area contributed by atoms with Crippen LogP contribution < -0.4 is 0 Å². The maximum atomic E-state index is 11.0. The van der Waals surface area contributed by atoms with Crippen LogP contribution in [0.2, 0.25) is 0 Å². The Morgan fingerprint density at radius 1 is 1.53 bits per heavy atom. The standard InChI is InChI=1S/C14H17N3O2/c1-8(2)7-17-12(9-3-4-9)16-11-5-10(14(18)19)6-15-13(11)17/h5-6,8-9H,3-4,7H2,1-2H3,(H,18,19). The van der Waals surface area contributed by atoms with E-state index in [0.717, 1.165) is 18.0 Å². The molecule has 5 nitrogen and oxygen atoms in total. The van der Waals surface area contributed by atoms with Crippen molar-refractivity contribution in [1.29, 1.82) is 0 Å². The summed E-state index contributed by atoms with van der Waals surface area (Å²) in [6.45, 7) is 5.20.